The standard InChI is InChI=1S/C22H23N3O3/c26-18-12-16(13-18)19(11-15-7-3-1-4-8-15)23-22(28)20-14-21(27)25(24-20)17-9-5-2-6-10-17/h1-10,14,16,18-19,24,26H,11-13H2,(H,23,28)/t16?,18?,19-/m1/s1. The van der Waals surface area contributed by atoms with Crippen LogP contribution in [0, 0.1) is 5.92 Å². The minimum atomic E-state index is -0.311. The van der Waals surface area contributed by atoms with Gasteiger partial charge in [0.05, 0.1) is 11.8 Å². The lowest BCUT2D eigenvalue weighted by Gasteiger charge is -2.38. The monoisotopic (exact) mass is 377 g/mol. The van der Waals surface area contributed by atoms with Crippen LogP contribution in [-0.4, -0.2) is 32.9 Å². The molecule has 0 unspecified atom stereocenters. The zero-order chi connectivity index (χ0) is 19.5. The molecule has 1 aliphatic carbocycles. The largest absolute Gasteiger partial charge is 0.393 e. The molecule has 3 aromatic rings. The smallest absolute Gasteiger partial charge is 0.271 e. The van der Waals surface area contributed by atoms with E-state index in [4.69, 9.17) is 0 Å². The Morgan fingerprint density at radius 1 is 1.11 bits per heavy atom. The first kappa shape index (κ1) is 18.3. The maximum absolute atomic E-state index is 12.8. The molecule has 1 atom stereocenters. The van der Waals surface area contributed by atoms with Gasteiger partial charge < -0.3 is 10.4 Å². The third-order valence-electron chi connectivity index (χ3n) is 5.31. The average Bonchev–Trinajstić information content (AvgIpc) is 3.08. The van der Waals surface area contributed by atoms with Crippen LogP contribution in [0.2, 0.25) is 0 Å². The van der Waals surface area contributed by atoms with Crippen molar-refractivity contribution in [1.82, 2.24) is 15.1 Å². The number of nitrogens with zero attached hydrogens (tertiary/aromatic N) is 1. The Kier molecular flexibility index (Phi) is 5.12. The molecule has 2 aromatic carbocycles. The topological polar surface area (TPSA) is 87.1 Å². The Morgan fingerprint density at radius 3 is 2.39 bits per heavy atom. The van der Waals surface area contributed by atoms with E-state index in [9.17, 15) is 14.7 Å². The first-order valence-electron chi connectivity index (χ1n) is 9.50. The minimum absolute atomic E-state index is 0.0955. The van der Waals surface area contributed by atoms with Gasteiger partial charge in [-0.15, -0.1) is 0 Å². The van der Waals surface area contributed by atoms with Crippen molar-refractivity contribution in [1.29, 1.82) is 0 Å². The Labute approximate surface area is 162 Å². The summed E-state index contributed by atoms with van der Waals surface area (Å²) in [6.45, 7) is 0. The fraction of sp³-hybridized carbons (Fsp3) is 0.273. The minimum Gasteiger partial charge on any atom is -0.393 e. The predicted octanol–water partition coefficient (Wildman–Crippen LogP) is 2.28. The molecular weight excluding hydrogens is 354 g/mol. The van der Waals surface area contributed by atoms with Crippen molar-refractivity contribution >= 4 is 5.91 Å². The summed E-state index contributed by atoms with van der Waals surface area (Å²) in [6.07, 6.45) is 1.76. The lowest BCUT2D eigenvalue weighted by Crippen LogP contribution is -2.48. The van der Waals surface area contributed by atoms with Crippen LogP contribution in [0.4, 0.5) is 0 Å². The molecule has 0 saturated heterocycles. The van der Waals surface area contributed by atoms with Crippen LogP contribution in [0.5, 0.6) is 0 Å². The summed E-state index contributed by atoms with van der Waals surface area (Å²) < 4.78 is 1.36. The number of hydrogen-bond acceptors (Lipinski definition) is 3. The molecule has 1 amide bonds. The number of benzene rings is 2. The number of carbonyl (C=O) groups is 1. The summed E-state index contributed by atoms with van der Waals surface area (Å²) in [6, 6.07) is 20.3. The number of aromatic nitrogens is 2. The molecule has 0 spiro atoms. The van der Waals surface area contributed by atoms with Crippen LogP contribution in [0.1, 0.15) is 28.9 Å². The Hall–Kier alpha value is -3.12. The zero-order valence-electron chi connectivity index (χ0n) is 15.4. The molecule has 1 heterocycles. The average molecular weight is 377 g/mol. The summed E-state index contributed by atoms with van der Waals surface area (Å²) in [7, 11) is 0. The normalized spacial score (nSPS) is 19.6. The van der Waals surface area contributed by atoms with E-state index in [1.807, 2.05) is 48.5 Å². The van der Waals surface area contributed by atoms with Gasteiger partial charge in [-0.3, -0.25) is 14.7 Å². The molecule has 144 valence electrons. The summed E-state index contributed by atoms with van der Waals surface area (Å²) in [4.78, 5) is 25.1. The highest BCUT2D eigenvalue weighted by Gasteiger charge is 2.35. The fourth-order valence-corrected chi connectivity index (χ4v) is 3.69. The van der Waals surface area contributed by atoms with Crippen LogP contribution in [0.25, 0.3) is 5.69 Å². The zero-order valence-corrected chi connectivity index (χ0v) is 15.4. The van der Waals surface area contributed by atoms with E-state index in [-0.39, 0.29) is 35.2 Å². The van der Waals surface area contributed by atoms with Crippen molar-refractivity contribution in [2.45, 2.75) is 31.4 Å². The van der Waals surface area contributed by atoms with E-state index in [2.05, 4.69) is 10.4 Å². The highest BCUT2D eigenvalue weighted by Crippen LogP contribution is 2.31. The molecule has 1 aromatic heterocycles. The van der Waals surface area contributed by atoms with Crippen molar-refractivity contribution in [3.05, 3.63) is 88.3 Å². The van der Waals surface area contributed by atoms with E-state index >= 15 is 0 Å². The van der Waals surface area contributed by atoms with Gasteiger partial charge in [-0.2, -0.15) is 0 Å². The van der Waals surface area contributed by atoms with Gasteiger partial charge in [-0.05, 0) is 42.9 Å². The second-order valence-electron chi connectivity index (χ2n) is 7.33. The summed E-state index contributed by atoms with van der Waals surface area (Å²) in [5.74, 6) is -0.0869. The number of aliphatic hydroxyl groups is 1. The summed E-state index contributed by atoms with van der Waals surface area (Å²) >= 11 is 0. The van der Waals surface area contributed by atoms with Gasteiger partial charge in [-0.25, -0.2) is 4.68 Å². The molecule has 1 saturated carbocycles. The van der Waals surface area contributed by atoms with E-state index in [0.29, 0.717) is 24.9 Å². The molecule has 1 fully saturated rings. The second kappa shape index (κ2) is 7.86. The van der Waals surface area contributed by atoms with Crippen molar-refractivity contribution in [3.8, 4) is 5.69 Å². The van der Waals surface area contributed by atoms with Crippen molar-refractivity contribution in [2.24, 2.45) is 5.92 Å². The Bertz CT molecular complexity index is 989. The number of aliphatic hydroxyl groups excluding tert-OH is 1. The quantitative estimate of drug-likeness (QED) is 0.616. The van der Waals surface area contributed by atoms with Gasteiger partial charge >= 0.3 is 0 Å². The van der Waals surface area contributed by atoms with Gasteiger partial charge in [-0.1, -0.05) is 48.5 Å². The van der Waals surface area contributed by atoms with Gasteiger partial charge in [0.25, 0.3) is 11.5 Å². The van der Waals surface area contributed by atoms with Crippen molar-refractivity contribution in [2.75, 3.05) is 0 Å². The SMILES string of the molecule is O=C(N[C@H](Cc1ccccc1)C1CC(O)C1)c1cc(=O)n(-c2ccccc2)[nH]1. The van der Waals surface area contributed by atoms with Gasteiger partial charge in [0.1, 0.15) is 5.69 Å². The van der Waals surface area contributed by atoms with Gasteiger partial charge in [0, 0.05) is 12.1 Å². The molecule has 3 N–H and O–H groups in total. The Morgan fingerprint density at radius 2 is 1.75 bits per heavy atom. The summed E-state index contributed by atoms with van der Waals surface area (Å²) in [5, 5.41) is 15.6. The molecule has 6 heteroatoms. The molecule has 0 radical (unpaired) electrons. The number of carbonyl (C=O) groups excluding carboxylic acids is 1. The van der Waals surface area contributed by atoms with Crippen LogP contribution in [-0.2, 0) is 6.42 Å². The lowest BCUT2D eigenvalue weighted by molar-refractivity contribution is 0.0238. The van der Waals surface area contributed by atoms with Crippen LogP contribution >= 0.6 is 0 Å². The van der Waals surface area contributed by atoms with Crippen LogP contribution < -0.4 is 10.9 Å². The third kappa shape index (κ3) is 3.92. The first-order chi connectivity index (χ1) is 13.6. The first-order valence-corrected chi connectivity index (χ1v) is 9.50. The molecule has 4 rings (SSSR count). The maximum Gasteiger partial charge on any atom is 0.271 e. The predicted molar refractivity (Wildman–Crippen MR) is 107 cm³/mol. The number of nitrogens with one attached hydrogen (secondary N) is 2. The molecule has 0 bridgehead atoms. The summed E-state index contributed by atoms with van der Waals surface area (Å²) in [5.41, 5.74) is 1.75. The number of hydrogen-bond donors (Lipinski definition) is 3. The number of aromatic amines is 1. The Balaban J connectivity index is 1.52. The van der Waals surface area contributed by atoms with E-state index in [1.165, 1.54) is 10.7 Å². The molecule has 28 heavy (non-hydrogen) atoms. The third-order valence-corrected chi connectivity index (χ3v) is 5.31. The molecule has 0 aliphatic heterocycles. The fourth-order valence-electron chi connectivity index (χ4n) is 3.69. The maximum atomic E-state index is 12.8. The van der Waals surface area contributed by atoms with Gasteiger partial charge in [0.15, 0.2) is 0 Å². The van der Waals surface area contributed by atoms with Gasteiger partial charge in [0.2, 0.25) is 0 Å². The highest BCUT2D eigenvalue weighted by atomic mass is 16.3. The van der Waals surface area contributed by atoms with Crippen molar-refractivity contribution < 1.29 is 9.90 Å². The number of H-pyrrole nitrogens is 1. The van der Waals surface area contributed by atoms with E-state index in [0.717, 1.165) is 5.56 Å². The van der Waals surface area contributed by atoms with Crippen LogP contribution in [0.3, 0.4) is 0 Å². The lowest BCUT2D eigenvalue weighted by atomic mass is 9.75. The number of rotatable bonds is 6. The van der Waals surface area contributed by atoms with E-state index in [1.54, 1.807) is 12.1 Å². The second-order valence-corrected chi connectivity index (χ2v) is 7.33. The van der Waals surface area contributed by atoms with Crippen molar-refractivity contribution in [3.63, 3.8) is 0 Å². The number of para-hydroxylation sites is 1. The number of amides is 1. The van der Waals surface area contributed by atoms with Crippen LogP contribution in [0.15, 0.2) is 71.5 Å². The molecule has 6 nitrogen and oxygen atoms in total. The van der Waals surface area contributed by atoms with E-state index < -0.39 is 0 Å². The highest BCUT2D eigenvalue weighted by molar-refractivity contribution is 5.92. The molecule has 1 aliphatic rings. The molecular formula is C22H23N3O3.